The second kappa shape index (κ2) is 9.56. The van der Waals surface area contributed by atoms with Crippen molar-refractivity contribution in [2.24, 2.45) is 0 Å². The van der Waals surface area contributed by atoms with Gasteiger partial charge in [-0.15, -0.1) is 10.2 Å². The van der Waals surface area contributed by atoms with Crippen molar-refractivity contribution in [2.45, 2.75) is 19.1 Å². The van der Waals surface area contributed by atoms with Gasteiger partial charge in [-0.05, 0) is 42.5 Å². The number of nitrogen functional groups attached to an aromatic ring is 1. The quantitative estimate of drug-likeness (QED) is 0.0971. The zero-order valence-corrected chi connectivity index (χ0v) is 21.6. The van der Waals surface area contributed by atoms with Crippen molar-refractivity contribution in [3.8, 4) is 23.0 Å². The van der Waals surface area contributed by atoms with E-state index in [9.17, 15) is 0 Å². The Morgan fingerprint density at radius 1 is 1.08 bits per heavy atom. The molecular weight excluding hydrogens is 590 g/mol. The maximum atomic E-state index is 15.1. The Hall–Kier alpha value is -3.84. The number of fused-ring (bicyclic) bond motifs is 1. The number of aryl methyl sites for hydroxylation is 1. The molecule has 1 saturated heterocycles. The van der Waals surface area contributed by atoms with Gasteiger partial charge in [-0.2, -0.15) is 0 Å². The Balaban J connectivity index is 1.23. The number of nitrogens with one attached hydrogen (secondary N) is 1. The number of epoxide rings is 1. The van der Waals surface area contributed by atoms with E-state index in [-0.39, 0.29) is 17.9 Å². The van der Waals surface area contributed by atoms with Crippen LogP contribution >= 0.6 is 22.6 Å². The SMILES string of the molecule is Cc1nnc(-c2cccc(Oc3ccc(Nc4ncnc5cc(C6OC6CI)c(N)cc45)c(F)c3)c2)o1. The summed E-state index contributed by atoms with van der Waals surface area (Å²) in [6.07, 6.45) is 1.58. The van der Waals surface area contributed by atoms with Crippen LogP contribution in [0.3, 0.4) is 0 Å². The van der Waals surface area contributed by atoms with E-state index in [0.29, 0.717) is 51.3 Å². The molecule has 0 saturated carbocycles. The van der Waals surface area contributed by atoms with E-state index < -0.39 is 5.82 Å². The van der Waals surface area contributed by atoms with Crippen molar-refractivity contribution >= 4 is 50.7 Å². The zero-order valence-electron chi connectivity index (χ0n) is 19.5. The molecule has 0 spiro atoms. The first-order chi connectivity index (χ1) is 18.0. The van der Waals surface area contributed by atoms with Crippen LogP contribution in [0.4, 0.5) is 21.6 Å². The molecule has 2 unspecified atom stereocenters. The van der Waals surface area contributed by atoms with Gasteiger partial charge >= 0.3 is 0 Å². The molecule has 1 fully saturated rings. The van der Waals surface area contributed by atoms with Crippen LogP contribution in [-0.4, -0.2) is 30.7 Å². The standard InChI is InChI=1S/C26H20FIN6O3/c1-13-33-34-26(35-13)14-3-2-4-15(7-14)36-16-5-6-21(19(27)8-16)32-25-18-9-20(29)17(24-23(11-28)37-24)10-22(18)30-12-31-25/h2-10,12,23-24H,11,29H2,1H3,(H,30,31,32). The van der Waals surface area contributed by atoms with E-state index >= 15 is 4.39 Å². The molecule has 11 heteroatoms. The number of hydrogen-bond acceptors (Lipinski definition) is 9. The molecule has 3 aromatic carbocycles. The normalized spacial score (nSPS) is 16.6. The van der Waals surface area contributed by atoms with Crippen LogP contribution in [0, 0.1) is 12.7 Å². The van der Waals surface area contributed by atoms with E-state index in [2.05, 4.69) is 48.1 Å². The minimum absolute atomic E-state index is 0.0190. The second-order valence-electron chi connectivity index (χ2n) is 8.49. The maximum Gasteiger partial charge on any atom is 0.247 e. The molecule has 37 heavy (non-hydrogen) atoms. The molecule has 0 aliphatic carbocycles. The Morgan fingerprint density at radius 2 is 1.95 bits per heavy atom. The minimum atomic E-state index is -0.506. The first-order valence-electron chi connectivity index (χ1n) is 11.4. The minimum Gasteiger partial charge on any atom is -0.457 e. The lowest BCUT2D eigenvalue weighted by molar-refractivity contribution is 0.386. The van der Waals surface area contributed by atoms with Crippen molar-refractivity contribution < 1.29 is 18.3 Å². The van der Waals surface area contributed by atoms with Crippen LogP contribution in [0.1, 0.15) is 17.6 Å². The number of benzene rings is 3. The number of hydrogen-bond donors (Lipinski definition) is 2. The van der Waals surface area contributed by atoms with Gasteiger partial charge in [0.05, 0.1) is 17.3 Å². The summed E-state index contributed by atoms with van der Waals surface area (Å²) < 4.78 is 33.0. The molecule has 3 heterocycles. The van der Waals surface area contributed by atoms with Crippen LogP contribution in [-0.2, 0) is 4.74 Å². The summed E-state index contributed by atoms with van der Waals surface area (Å²) in [5.74, 6) is 1.62. The van der Waals surface area contributed by atoms with Gasteiger partial charge < -0.3 is 24.9 Å². The summed E-state index contributed by atoms with van der Waals surface area (Å²) in [6, 6.07) is 15.4. The number of rotatable bonds is 7. The van der Waals surface area contributed by atoms with E-state index in [4.69, 9.17) is 19.6 Å². The predicted octanol–water partition coefficient (Wildman–Crippen LogP) is 6.12. The first kappa shape index (κ1) is 23.6. The van der Waals surface area contributed by atoms with Gasteiger partial charge in [0.15, 0.2) is 0 Å². The van der Waals surface area contributed by atoms with Crippen LogP contribution in [0.15, 0.2) is 65.3 Å². The lowest BCUT2D eigenvalue weighted by Gasteiger charge is -2.12. The average molecular weight is 610 g/mol. The first-order valence-corrected chi connectivity index (χ1v) is 12.9. The molecule has 0 amide bonds. The zero-order chi connectivity index (χ0) is 25.5. The number of halogens is 2. The highest BCUT2D eigenvalue weighted by atomic mass is 127. The third kappa shape index (κ3) is 4.79. The molecular formula is C26H20FIN6O3. The Labute approximate surface area is 224 Å². The Bertz CT molecular complexity index is 1630. The summed E-state index contributed by atoms with van der Waals surface area (Å²) >= 11 is 2.29. The van der Waals surface area contributed by atoms with Gasteiger partial charge in [-0.25, -0.2) is 14.4 Å². The molecule has 0 radical (unpaired) electrons. The van der Waals surface area contributed by atoms with Crippen LogP contribution < -0.4 is 15.8 Å². The number of nitrogens with two attached hydrogens (primary N) is 1. The van der Waals surface area contributed by atoms with E-state index in [0.717, 1.165) is 9.99 Å². The highest BCUT2D eigenvalue weighted by Gasteiger charge is 2.40. The summed E-state index contributed by atoms with van der Waals surface area (Å²) in [4.78, 5) is 8.68. The summed E-state index contributed by atoms with van der Waals surface area (Å²) in [7, 11) is 0. The fraction of sp³-hybridized carbons (Fsp3) is 0.154. The van der Waals surface area contributed by atoms with Crippen molar-refractivity contribution in [2.75, 3.05) is 15.5 Å². The molecule has 3 N–H and O–H groups in total. The van der Waals surface area contributed by atoms with Gasteiger partial charge in [-0.1, -0.05) is 28.7 Å². The third-order valence-electron chi connectivity index (χ3n) is 5.92. The van der Waals surface area contributed by atoms with Gasteiger partial charge in [0.25, 0.3) is 0 Å². The van der Waals surface area contributed by atoms with Crippen molar-refractivity contribution in [3.05, 3.63) is 78.2 Å². The summed E-state index contributed by atoms with van der Waals surface area (Å²) in [5, 5.41) is 11.6. The molecule has 9 nitrogen and oxygen atoms in total. The molecule has 1 aliphatic heterocycles. The summed E-state index contributed by atoms with van der Waals surface area (Å²) in [6.45, 7) is 1.72. The van der Waals surface area contributed by atoms with Crippen molar-refractivity contribution in [1.82, 2.24) is 20.2 Å². The smallest absolute Gasteiger partial charge is 0.247 e. The van der Waals surface area contributed by atoms with Gasteiger partial charge in [0, 0.05) is 39.6 Å². The predicted molar refractivity (Wildman–Crippen MR) is 145 cm³/mol. The van der Waals surface area contributed by atoms with Gasteiger partial charge in [0.2, 0.25) is 11.8 Å². The van der Waals surface area contributed by atoms with Crippen LogP contribution in [0.5, 0.6) is 11.5 Å². The van der Waals surface area contributed by atoms with E-state index in [1.165, 1.54) is 12.4 Å². The monoisotopic (exact) mass is 610 g/mol. The average Bonchev–Trinajstić information content (AvgIpc) is 3.55. The number of anilines is 3. The number of alkyl halides is 1. The van der Waals surface area contributed by atoms with Crippen molar-refractivity contribution in [3.63, 3.8) is 0 Å². The fourth-order valence-electron chi connectivity index (χ4n) is 4.05. The molecule has 2 aromatic heterocycles. The third-order valence-corrected chi connectivity index (χ3v) is 6.79. The second-order valence-corrected chi connectivity index (χ2v) is 9.37. The highest BCUT2D eigenvalue weighted by Crippen LogP contribution is 2.44. The Morgan fingerprint density at radius 3 is 2.70 bits per heavy atom. The molecule has 0 bridgehead atoms. The largest absolute Gasteiger partial charge is 0.457 e. The van der Waals surface area contributed by atoms with Gasteiger partial charge in [0.1, 0.15) is 35.6 Å². The molecule has 5 aromatic rings. The van der Waals surface area contributed by atoms with Crippen LogP contribution in [0.25, 0.3) is 22.4 Å². The topological polar surface area (TPSA) is 125 Å². The lowest BCUT2D eigenvalue weighted by atomic mass is 10.0. The van der Waals surface area contributed by atoms with Crippen LogP contribution in [0.2, 0.25) is 0 Å². The molecule has 6 rings (SSSR count). The van der Waals surface area contributed by atoms with Gasteiger partial charge in [-0.3, -0.25) is 0 Å². The highest BCUT2D eigenvalue weighted by molar-refractivity contribution is 14.1. The Kier molecular flexibility index (Phi) is 6.08. The van der Waals surface area contributed by atoms with E-state index in [1.54, 1.807) is 43.3 Å². The van der Waals surface area contributed by atoms with E-state index in [1.807, 2.05) is 12.1 Å². The number of aromatic nitrogens is 4. The fourth-order valence-corrected chi connectivity index (χ4v) is 4.72. The molecule has 2 atom stereocenters. The number of ether oxygens (including phenoxy) is 2. The lowest BCUT2D eigenvalue weighted by Crippen LogP contribution is -2.01. The number of nitrogens with zero attached hydrogens (tertiary/aromatic N) is 4. The molecule has 1 aliphatic rings. The summed E-state index contributed by atoms with van der Waals surface area (Å²) in [5.41, 5.74) is 9.44. The van der Waals surface area contributed by atoms with Crippen molar-refractivity contribution in [1.29, 1.82) is 0 Å². The maximum absolute atomic E-state index is 15.1. The molecule has 186 valence electrons.